The zero-order valence-corrected chi connectivity index (χ0v) is 11.2. The van der Waals surface area contributed by atoms with E-state index in [1.165, 1.54) is 5.57 Å². The molecule has 3 unspecified atom stereocenters. The predicted octanol–water partition coefficient (Wildman–Crippen LogP) is 2.56. The molecular formula is C15H22O2. The minimum Gasteiger partial charge on any atom is -0.393 e. The lowest BCUT2D eigenvalue weighted by molar-refractivity contribution is -0.188. The van der Waals surface area contributed by atoms with Gasteiger partial charge in [-0.15, -0.1) is 0 Å². The highest BCUT2D eigenvalue weighted by Gasteiger charge is 2.71. The molecule has 4 rings (SSSR count). The Morgan fingerprint density at radius 1 is 1.29 bits per heavy atom. The first-order valence-electron chi connectivity index (χ1n) is 6.70. The van der Waals surface area contributed by atoms with E-state index < -0.39 is 0 Å². The van der Waals surface area contributed by atoms with Crippen molar-refractivity contribution in [1.82, 2.24) is 0 Å². The van der Waals surface area contributed by atoms with Gasteiger partial charge in [-0.2, -0.15) is 0 Å². The third-order valence-electron chi connectivity index (χ3n) is 5.91. The SMILES string of the molecule is CC1=CC(=O)C2C3C1[C@@]2(C)[C@@H](O)CCC3(C)C. The zero-order valence-electron chi connectivity index (χ0n) is 11.2. The molecule has 4 aliphatic rings. The number of fused-ring (bicyclic) bond motifs is 1. The monoisotopic (exact) mass is 234 g/mol. The Kier molecular flexibility index (Phi) is 2.04. The number of aliphatic hydroxyl groups excluding tert-OH is 1. The van der Waals surface area contributed by atoms with Crippen molar-refractivity contribution >= 4 is 5.78 Å². The molecule has 0 aromatic carbocycles. The molecule has 2 heteroatoms. The van der Waals surface area contributed by atoms with Gasteiger partial charge in [0, 0.05) is 11.3 Å². The first kappa shape index (κ1) is 11.5. The fourth-order valence-corrected chi connectivity index (χ4v) is 5.01. The van der Waals surface area contributed by atoms with Gasteiger partial charge >= 0.3 is 0 Å². The van der Waals surface area contributed by atoms with Crippen molar-refractivity contribution in [1.29, 1.82) is 0 Å². The van der Waals surface area contributed by atoms with Gasteiger partial charge in [-0.25, -0.2) is 0 Å². The van der Waals surface area contributed by atoms with E-state index in [1.54, 1.807) is 0 Å². The maximum absolute atomic E-state index is 12.3. The number of aliphatic hydroxyl groups is 1. The molecule has 0 saturated heterocycles. The van der Waals surface area contributed by atoms with Crippen LogP contribution in [0, 0.1) is 28.6 Å². The van der Waals surface area contributed by atoms with E-state index in [-0.39, 0.29) is 28.6 Å². The van der Waals surface area contributed by atoms with Gasteiger partial charge in [0.05, 0.1) is 6.10 Å². The van der Waals surface area contributed by atoms with Gasteiger partial charge < -0.3 is 5.11 Å². The van der Waals surface area contributed by atoms with Crippen LogP contribution in [0.25, 0.3) is 0 Å². The fraction of sp³-hybridized carbons (Fsp3) is 0.800. The molecule has 0 spiro atoms. The Balaban J connectivity index is 2.16. The molecule has 5 atom stereocenters. The van der Waals surface area contributed by atoms with Crippen LogP contribution in [-0.2, 0) is 4.79 Å². The predicted molar refractivity (Wildman–Crippen MR) is 66.4 cm³/mol. The number of carbonyl (C=O) groups excluding carboxylic acids is 1. The second-order valence-corrected chi connectivity index (χ2v) is 7.18. The highest BCUT2D eigenvalue weighted by Crippen LogP contribution is 2.71. The molecule has 17 heavy (non-hydrogen) atoms. The summed E-state index contributed by atoms with van der Waals surface area (Å²) in [5, 5.41) is 10.4. The van der Waals surface area contributed by atoms with E-state index in [9.17, 15) is 9.90 Å². The first-order valence-corrected chi connectivity index (χ1v) is 6.70. The molecule has 2 saturated carbocycles. The quantitative estimate of drug-likeness (QED) is 0.699. The molecule has 2 fully saturated rings. The van der Waals surface area contributed by atoms with Crippen molar-refractivity contribution in [3.05, 3.63) is 11.6 Å². The molecular weight excluding hydrogens is 212 g/mol. The van der Waals surface area contributed by atoms with Gasteiger partial charge in [0.25, 0.3) is 0 Å². The van der Waals surface area contributed by atoms with E-state index in [0.717, 1.165) is 12.8 Å². The molecule has 4 aliphatic carbocycles. The number of hydrogen-bond donors (Lipinski definition) is 1. The highest BCUT2D eigenvalue weighted by molar-refractivity contribution is 5.96. The van der Waals surface area contributed by atoms with Crippen molar-refractivity contribution in [2.45, 2.75) is 46.6 Å². The smallest absolute Gasteiger partial charge is 0.159 e. The Morgan fingerprint density at radius 2 is 1.94 bits per heavy atom. The lowest BCUT2D eigenvalue weighted by Gasteiger charge is -2.65. The largest absolute Gasteiger partial charge is 0.393 e. The maximum atomic E-state index is 12.3. The van der Waals surface area contributed by atoms with Crippen LogP contribution in [0.3, 0.4) is 0 Å². The minimum atomic E-state index is -0.317. The van der Waals surface area contributed by atoms with Crippen LogP contribution in [0.1, 0.15) is 40.5 Å². The van der Waals surface area contributed by atoms with Crippen molar-refractivity contribution < 1.29 is 9.90 Å². The number of ketones is 1. The summed E-state index contributed by atoms with van der Waals surface area (Å²) in [5.74, 6) is 1.18. The van der Waals surface area contributed by atoms with Crippen LogP contribution in [0.15, 0.2) is 11.6 Å². The van der Waals surface area contributed by atoms with E-state index in [0.29, 0.717) is 11.8 Å². The average molecular weight is 234 g/mol. The number of allylic oxidation sites excluding steroid dienone is 2. The van der Waals surface area contributed by atoms with Crippen LogP contribution in [0.2, 0.25) is 0 Å². The fourth-order valence-electron chi connectivity index (χ4n) is 5.01. The summed E-state index contributed by atoms with van der Waals surface area (Å²) in [6, 6.07) is 0. The Morgan fingerprint density at radius 3 is 2.53 bits per heavy atom. The third-order valence-corrected chi connectivity index (χ3v) is 5.91. The van der Waals surface area contributed by atoms with Gasteiger partial charge in [-0.3, -0.25) is 4.79 Å². The summed E-state index contributed by atoms with van der Waals surface area (Å²) in [5.41, 5.74) is 1.19. The molecule has 2 nitrogen and oxygen atoms in total. The molecule has 94 valence electrons. The van der Waals surface area contributed by atoms with Gasteiger partial charge in [-0.1, -0.05) is 26.3 Å². The van der Waals surface area contributed by atoms with Gasteiger partial charge in [0.1, 0.15) is 0 Å². The highest BCUT2D eigenvalue weighted by atomic mass is 16.3. The van der Waals surface area contributed by atoms with Crippen LogP contribution < -0.4 is 0 Å². The molecule has 0 amide bonds. The van der Waals surface area contributed by atoms with E-state index in [4.69, 9.17) is 0 Å². The third kappa shape index (κ3) is 1.13. The Hall–Kier alpha value is -0.630. The summed E-state index contributed by atoms with van der Waals surface area (Å²) >= 11 is 0. The van der Waals surface area contributed by atoms with Crippen molar-refractivity contribution in [2.24, 2.45) is 28.6 Å². The lowest BCUT2D eigenvalue weighted by atomic mass is 9.37. The normalized spacial score (nSPS) is 51.4. The summed E-state index contributed by atoms with van der Waals surface area (Å²) in [6.07, 6.45) is 3.38. The van der Waals surface area contributed by atoms with Gasteiger partial charge in [0.15, 0.2) is 5.78 Å². The van der Waals surface area contributed by atoms with Crippen LogP contribution in [0.4, 0.5) is 0 Å². The Labute approximate surface area is 103 Å². The lowest BCUT2D eigenvalue weighted by Crippen LogP contribution is -2.67. The Bertz CT molecular complexity index is 421. The molecule has 0 heterocycles. The second kappa shape index (κ2) is 3.03. The van der Waals surface area contributed by atoms with E-state index >= 15 is 0 Å². The molecule has 0 aliphatic heterocycles. The van der Waals surface area contributed by atoms with Crippen molar-refractivity contribution in [3.63, 3.8) is 0 Å². The molecule has 0 aromatic rings. The molecule has 0 aromatic heterocycles. The van der Waals surface area contributed by atoms with Gasteiger partial charge in [-0.05, 0) is 43.1 Å². The molecule has 1 N–H and O–H groups in total. The van der Waals surface area contributed by atoms with Crippen LogP contribution in [-0.4, -0.2) is 17.0 Å². The average Bonchev–Trinajstić information content (AvgIpc) is 2.32. The minimum absolute atomic E-state index is 0.0590. The number of carbonyl (C=O) groups is 1. The summed E-state index contributed by atoms with van der Waals surface area (Å²) in [6.45, 7) is 8.72. The number of hydrogen-bond acceptors (Lipinski definition) is 2. The van der Waals surface area contributed by atoms with Crippen LogP contribution in [0.5, 0.6) is 0 Å². The maximum Gasteiger partial charge on any atom is 0.159 e. The summed E-state index contributed by atoms with van der Waals surface area (Å²) < 4.78 is 0. The van der Waals surface area contributed by atoms with Gasteiger partial charge in [0.2, 0.25) is 0 Å². The second-order valence-electron chi connectivity index (χ2n) is 7.18. The standard InChI is InChI=1S/C15H22O2/c1-8-7-9(16)12-13-11(8)15(12,4)10(17)5-6-14(13,2)3/h7,10-13,17H,5-6H2,1-4H3/t10-,11?,12?,13?,15+/m0/s1. The van der Waals surface area contributed by atoms with E-state index in [1.807, 2.05) is 6.08 Å². The topological polar surface area (TPSA) is 37.3 Å². The first-order chi connectivity index (χ1) is 7.80. The number of rotatable bonds is 0. The van der Waals surface area contributed by atoms with E-state index in [2.05, 4.69) is 27.7 Å². The molecule has 0 radical (unpaired) electrons. The summed E-state index contributed by atoms with van der Waals surface area (Å²) in [4.78, 5) is 12.3. The summed E-state index contributed by atoms with van der Waals surface area (Å²) in [7, 11) is 0. The van der Waals surface area contributed by atoms with Crippen molar-refractivity contribution in [2.75, 3.05) is 0 Å². The van der Waals surface area contributed by atoms with Crippen LogP contribution >= 0.6 is 0 Å². The molecule has 4 bridgehead atoms. The zero-order chi connectivity index (χ0) is 12.6. The van der Waals surface area contributed by atoms with Crippen molar-refractivity contribution in [3.8, 4) is 0 Å².